The molecule has 1 saturated heterocycles. The molecular formula is C10H21N3OS. The van der Waals surface area contributed by atoms with E-state index in [1.165, 1.54) is 12.2 Å². The molecule has 0 aromatic rings. The minimum absolute atomic E-state index is 0.683. The van der Waals surface area contributed by atoms with Crippen LogP contribution in [0, 0.1) is 0 Å². The van der Waals surface area contributed by atoms with Crippen molar-refractivity contribution in [1.29, 1.82) is 0 Å². The quantitative estimate of drug-likeness (QED) is 0.431. The second-order valence-electron chi connectivity index (χ2n) is 3.54. The second kappa shape index (κ2) is 7.82. The summed E-state index contributed by atoms with van der Waals surface area (Å²) in [7, 11) is 0. The zero-order valence-corrected chi connectivity index (χ0v) is 10.3. The first-order valence-corrected chi connectivity index (χ1v) is 6.85. The number of morpholine rings is 1. The molecule has 0 radical (unpaired) electrons. The van der Waals surface area contributed by atoms with Gasteiger partial charge in [-0.25, -0.2) is 0 Å². The van der Waals surface area contributed by atoms with Gasteiger partial charge in [-0.3, -0.25) is 4.99 Å². The van der Waals surface area contributed by atoms with Crippen LogP contribution in [0.15, 0.2) is 4.99 Å². The number of rotatable bonds is 5. The Bertz CT molecular complexity index is 193. The number of thioether (sulfide) groups is 1. The molecule has 1 rings (SSSR count). The summed E-state index contributed by atoms with van der Waals surface area (Å²) in [6.45, 7) is 4.13. The van der Waals surface area contributed by atoms with Gasteiger partial charge in [-0.15, -0.1) is 0 Å². The molecule has 1 aliphatic heterocycles. The van der Waals surface area contributed by atoms with E-state index in [0.29, 0.717) is 5.96 Å². The molecule has 0 unspecified atom stereocenters. The fourth-order valence-corrected chi connectivity index (χ4v) is 1.94. The molecule has 1 aliphatic rings. The highest BCUT2D eigenvalue weighted by molar-refractivity contribution is 7.98. The predicted molar refractivity (Wildman–Crippen MR) is 66.5 cm³/mol. The Morgan fingerprint density at radius 1 is 1.40 bits per heavy atom. The summed E-state index contributed by atoms with van der Waals surface area (Å²) in [5.41, 5.74) is 5.88. The van der Waals surface area contributed by atoms with Crippen molar-refractivity contribution in [2.24, 2.45) is 10.7 Å². The zero-order valence-electron chi connectivity index (χ0n) is 9.45. The molecule has 0 aliphatic carbocycles. The molecule has 0 bridgehead atoms. The summed E-state index contributed by atoms with van der Waals surface area (Å²) in [5.74, 6) is 1.90. The molecule has 1 fully saturated rings. The lowest BCUT2D eigenvalue weighted by Gasteiger charge is -2.27. The Kier molecular flexibility index (Phi) is 6.59. The van der Waals surface area contributed by atoms with Gasteiger partial charge < -0.3 is 15.4 Å². The Hall–Kier alpha value is -0.420. The zero-order chi connectivity index (χ0) is 10.9. The topological polar surface area (TPSA) is 50.8 Å². The molecule has 1 heterocycles. The summed E-state index contributed by atoms with van der Waals surface area (Å²) in [4.78, 5) is 6.47. The Morgan fingerprint density at radius 3 is 2.80 bits per heavy atom. The van der Waals surface area contributed by atoms with Gasteiger partial charge in [-0.2, -0.15) is 11.8 Å². The van der Waals surface area contributed by atoms with Crippen LogP contribution in [-0.2, 0) is 4.74 Å². The van der Waals surface area contributed by atoms with Gasteiger partial charge in [0, 0.05) is 19.6 Å². The highest BCUT2D eigenvalue weighted by Gasteiger charge is 2.11. The van der Waals surface area contributed by atoms with E-state index in [-0.39, 0.29) is 0 Å². The molecule has 88 valence electrons. The van der Waals surface area contributed by atoms with Gasteiger partial charge in [-0.1, -0.05) is 0 Å². The van der Waals surface area contributed by atoms with E-state index in [0.717, 1.165) is 39.3 Å². The summed E-state index contributed by atoms with van der Waals surface area (Å²) < 4.78 is 5.25. The second-order valence-corrected chi connectivity index (χ2v) is 4.52. The van der Waals surface area contributed by atoms with Crippen LogP contribution < -0.4 is 5.73 Å². The lowest BCUT2D eigenvalue weighted by molar-refractivity contribution is 0.0674. The lowest BCUT2D eigenvalue weighted by atomic mass is 10.3. The highest BCUT2D eigenvalue weighted by atomic mass is 32.2. The van der Waals surface area contributed by atoms with Crippen LogP contribution in [0.25, 0.3) is 0 Å². The van der Waals surface area contributed by atoms with Crippen molar-refractivity contribution in [3.63, 3.8) is 0 Å². The molecular weight excluding hydrogens is 210 g/mol. The average molecular weight is 231 g/mol. The van der Waals surface area contributed by atoms with Crippen LogP contribution in [0.2, 0.25) is 0 Å². The van der Waals surface area contributed by atoms with E-state index in [4.69, 9.17) is 10.5 Å². The van der Waals surface area contributed by atoms with E-state index in [2.05, 4.69) is 16.1 Å². The maximum atomic E-state index is 5.88. The molecule has 0 saturated carbocycles. The van der Waals surface area contributed by atoms with Gasteiger partial charge in [-0.05, 0) is 24.9 Å². The number of nitrogens with zero attached hydrogens (tertiary/aromatic N) is 2. The number of aliphatic imine (C=N–C) groups is 1. The summed E-state index contributed by atoms with van der Waals surface area (Å²) >= 11 is 1.88. The maximum absolute atomic E-state index is 5.88. The normalized spacial score (nSPS) is 18.2. The predicted octanol–water partition coefficient (Wildman–Crippen LogP) is 0.776. The van der Waals surface area contributed by atoms with Crippen LogP contribution in [0.5, 0.6) is 0 Å². The first-order chi connectivity index (χ1) is 7.34. The van der Waals surface area contributed by atoms with E-state index in [1.807, 2.05) is 11.8 Å². The fraction of sp³-hybridized carbons (Fsp3) is 0.900. The van der Waals surface area contributed by atoms with Crippen LogP contribution in [-0.4, -0.2) is 55.7 Å². The molecule has 0 spiro atoms. The maximum Gasteiger partial charge on any atom is 0.191 e. The average Bonchev–Trinajstić information content (AvgIpc) is 2.30. The summed E-state index contributed by atoms with van der Waals surface area (Å²) in [6, 6.07) is 0. The Balaban J connectivity index is 2.13. The summed E-state index contributed by atoms with van der Waals surface area (Å²) in [5, 5.41) is 0. The lowest BCUT2D eigenvalue weighted by Crippen LogP contribution is -2.44. The SMILES string of the molecule is CSCCCCN=C(N)N1CCOCC1. The van der Waals surface area contributed by atoms with Crippen LogP contribution in [0.4, 0.5) is 0 Å². The van der Waals surface area contributed by atoms with Gasteiger partial charge >= 0.3 is 0 Å². The van der Waals surface area contributed by atoms with Crippen LogP contribution in [0.3, 0.4) is 0 Å². The van der Waals surface area contributed by atoms with Crippen molar-refractivity contribution in [2.75, 3.05) is 44.9 Å². The Morgan fingerprint density at radius 2 is 2.13 bits per heavy atom. The van der Waals surface area contributed by atoms with E-state index in [9.17, 15) is 0 Å². The van der Waals surface area contributed by atoms with Gasteiger partial charge in [0.2, 0.25) is 0 Å². The number of hydrogen-bond acceptors (Lipinski definition) is 3. The molecule has 0 atom stereocenters. The number of unbranched alkanes of at least 4 members (excludes halogenated alkanes) is 1. The van der Waals surface area contributed by atoms with Crippen LogP contribution >= 0.6 is 11.8 Å². The smallest absolute Gasteiger partial charge is 0.191 e. The molecule has 0 amide bonds. The summed E-state index contributed by atoms with van der Waals surface area (Å²) in [6.07, 6.45) is 4.48. The number of nitrogens with two attached hydrogens (primary N) is 1. The van der Waals surface area contributed by atoms with Crippen molar-refractivity contribution < 1.29 is 4.74 Å². The monoisotopic (exact) mass is 231 g/mol. The third-order valence-electron chi connectivity index (χ3n) is 2.37. The number of hydrogen-bond donors (Lipinski definition) is 1. The molecule has 4 nitrogen and oxygen atoms in total. The first-order valence-electron chi connectivity index (χ1n) is 5.46. The minimum atomic E-state index is 0.683. The van der Waals surface area contributed by atoms with Crippen molar-refractivity contribution in [2.45, 2.75) is 12.8 Å². The third-order valence-corrected chi connectivity index (χ3v) is 3.06. The van der Waals surface area contributed by atoms with Crippen molar-refractivity contribution in [3.8, 4) is 0 Å². The van der Waals surface area contributed by atoms with Gasteiger partial charge in [0.1, 0.15) is 0 Å². The standard InChI is InChI=1S/C10H21N3OS/c1-15-9-3-2-4-12-10(11)13-5-7-14-8-6-13/h2-9H2,1H3,(H2,11,12). The van der Waals surface area contributed by atoms with Gasteiger partial charge in [0.15, 0.2) is 5.96 Å². The van der Waals surface area contributed by atoms with E-state index < -0.39 is 0 Å². The minimum Gasteiger partial charge on any atom is -0.378 e. The van der Waals surface area contributed by atoms with Crippen molar-refractivity contribution in [3.05, 3.63) is 0 Å². The Labute approximate surface area is 96.2 Å². The van der Waals surface area contributed by atoms with E-state index >= 15 is 0 Å². The number of ether oxygens (including phenoxy) is 1. The van der Waals surface area contributed by atoms with Crippen molar-refractivity contribution in [1.82, 2.24) is 4.90 Å². The van der Waals surface area contributed by atoms with Crippen LogP contribution in [0.1, 0.15) is 12.8 Å². The van der Waals surface area contributed by atoms with Gasteiger partial charge in [0.25, 0.3) is 0 Å². The largest absolute Gasteiger partial charge is 0.378 e. The number of guanidine groups is 1. The van der Waals surface area contributed by atoms with Crippen molar-refractivity contribution >= 4 is 17.7 Å². The highest BCUT2D eigenvalue weighted by Crippen LogP contribution is 2.00. The first kappa shape index (κ1) is 12.6. The molecule has 0 aromatic heterocycles. The molecule has 15 heavy (non-hydrogen) atoms. The van der Waals surface area contributed by atoms with Gasteiger partial charge in [0.05, 0.1) is 13.2 Å². The molecule has 2 N–H and O–H groups in total. The molecule has 0 aromatic carbocycles. The molecule has 5 heteroatoms. The fourth-order valence-electron chi connectivity index (χ4n) is 1.44. The van der Waals surface area contributed by atoms with E-state index in [1.54, 1.807) is 0 Å². The third kappa shape index (κ3) is 5.28.